The van der Waals surface area contributed by atoms with Gasteiger partial charge in [0.15, 0.2) is 0 Å². The second kappa shape index (κ2) is 5.58. The highest BCUT2D eigenvalue weighted by molar-refractivity contribution is 8.18. The normalized spacial score (nSPS) is 16.7. The molecular formula is C16H14N2O4S. The van der Waals surface area contributed by atoms with Crippen LogP contribution in [0.5, 0.6) is 5.75 Å². The Labute approximate surface area is 136 Å². The summed E-state index contributed by atoms with van der Waals surface area (Å²) < 4.78 is 6.83. The molecule has 0 unspecified atom stereocenters. The van der Waals surface area contributed by atoms with Crippen LogP contribution in [0.2, 0.25) is 0 Å². The van der Waals surface area contributed by atoms with E-state index in [9.17, 15) is 14.4 Å². The van der Waals surface area contributed by atoms with Gasteiger partial charge in [-0.15, -0.1) is 0 Å². The summed E-state index contributed by atoms with van der Waals surface area (Å²) >= 11 is 0.901. The molecule has 1 fully saturated rings. The standard InChI is InChI=1S/C16H14N2O4S/c1-17-13(19)7-5-10-9(4-6-11(22-3)14(10)17)8-12-15(20)18(2)16(21)23-12/h4-8H,1-3H3. The van der Waals surface area contributed by atoms with Crippen LogP contribution in [-0.4, -0.2) is 34.8 Å². The topological polar surface area (TPSA) is 68.6 Å². The van der Waals surface area contributed by atoms with Crippen LogP contribution in [-0.2, 0) is 11.8 Å². The Bertz CT molecular complexity index is 930. The van der Waals surface area contributed by atoms with E-state index >= 15 is 0 Å². The largest absolute Gasteiger partial charge is 0.495 e. The van der Waals surface area contributed by atoms with E-state index in [0.717, 1.165) is 27.6 Å². The number of hydrogen-bond donors (Lipinski definition) is 0. The lowest BCUT2D eigenvalue weighted by molar-refractivity contribution is -0.121. The van der Waals surface area contributed by atoms with Crippen LogP contribution in [0.4, 0.5) is 4.79 Å². The van der Waals surface area contributed by atoms with E-state index in [-0.39, 0.29) is 16.7 Å². The average Bonchev–Trinajstić information content (AvgIpc) is 2.78. The quantitative estimate of drug-likeness (QED) is 0.790. The van der Waals surface area contributed by atoms with Gasteiger partial charge >= 0.3 is 0 Å². The fourth-order valence-electron chi connectivity index (χ4n) is 2.48. The maximum absolute atomic E-state index is 12.0. The highest BCUT2D eigenvalue weighted by Gasteiger charge is 2.31. The van der Waals surface area contributed by atoms with E-state index in [4.69, 9.17) is 4.74 Å². The number of aryl methyl sites for hydroxylation is 1. The molecule has 23 heavy (non-hydrogen) atoms. The molecule has 0 saturated carbocycles. The van der Waals surface area contributed by atoms with Gasteiger partial charge in [0.05, 0.1) is 17.5 Å². The SMILES string of the molecule is COc1ccc(C=C2SC(=O)N(C)C2=O)c2ccc(=O)n(C)c12. The van der Waals surface area contributed by atoms with Gasteiger partial charge in [-0.3, -0.25) is 19.3 Å². The summed E-state index contributed by atoms with van der Waals surface area (Å²) in [6.45, 7) is 0. The number of aromatic nitrogens is 1. The van der Waals surface area contributed by atoms with Gasteiger partial charge < -0.3 is 9.30 Å². The molecule has 1 aliphatic rings. The summed E-state index contributed by atoms with van der Waals surface area (Å²) in [6.07, 6.45) is 1.67. The maximum Gasteiger partial charge on any atom is 0.293 e. The number of methoxy groups -OCH3 is 1. The van der Waals surface area contributed by atoms with Gasteiger partial charge in [-0.25, -0.2) is 0 Å². The zero-order valence-corrected chi connectivity index (χ0v) is 13.6. The summed E-state index contributed by atoms with van der Waals surface area (Å²) in [6, 6.07) is 6.70. The molecule has 2 heterocycles. The Morgan fingerprint density at radius 3 is 2.43 bits per heavy atom. The van der Waals surface area contributed by atoms with Gasteiger partial charge in [0.2, 0.25) is 0 Å². The van der Waals surface area contributed by atoms with E-state index in [1.165, 1.54) is 24.8 Å². The summed E-state index contributed by atoms with van der Waals surface area (Å²) in [4.78, 5) is 37.0. The van der Waals surface area contributed by atoms with Crippen molar-refractivity contribution in [1.82, 2.24) is 9.47 Å². The third-order valence-electron chi connectivity index (χ3n) is 3.77. The van der Waals surface area contributed by atoms with Crippen LogP contribution in [0.15, 0.2) is 34.0 Å². The van der Waals surface area contributed by atoms with E-state index in [1.807, 2.05) is 0 Å². The highest BCUT2D eigenvalue weighted by atomic mass is 32.2. The van der Waals surface area contributed by atoms with Crippen molar-refractivity contribution in [3.63, 3.8) is 0 Å². The number of carbonyl (C=O) groups excluding carboxylic acids is 2. The van der Waals surface area contributed by atoms with Gasteiger partial charge in [0.1, 0.15) is 5.75 Å². The van der Waals surface area contributed by atoms with Crippen molar-refractivity contribution >= 4 is 39.9 Å². The smallest absolute Gasteiger partial charge is 0.293 e. The number of fused-ring (bicyclic) bond motifs is 1. The second-order valence-corrected chi connectivity index (χ2v) is 6.08. The Hall–Kier alpha value is -2.54. The molecule has 0 aliphatic carbocycles. The molecule has 0 bridgehead atoms. The number of benzene rings is 1. The van der Waals surface area contributed by atoms with E-state index in [1.54, 1.807) is 31.3 Å². The minimum absolute atomic E-state index is 0.151. The molecule has 0 atom stereocenters. The Morgan fingerprint density at radius 2 is 1.83 bits per heavy atom. The Kier molecular flexibility index (Phi) is 3.73. The molecule has 6 nitrogen and oxygen atoms in total. The minimum Gasteiger partial charge on any atom is -0.495 e. The van der Waals surface area contributed by atoms with Crippen molar-refractivity contribution in [2.75, 3.05) is 14.2 Å². The molecule has 1 aromatic heterocycles. The number of ether oxygens (including phenoxy) is 1. The van der Waals surface area contributed by atoms with Crippen molar-refractivity contribution in [3.8, 4) is 5.75 Å². The molecule has 1 aromatic carbocycles. The number of pyridine rings is 1. The number of rotatable bonds is 2. The fourth-order valence-corrected chi connectivity index (χ4v) is 3.30. The van der Waals surface area contributed by atoms with E-state index in [2.05, 4.69) is 0 Å². The zero-order chi connectivity index (χ0) is 16.7. The van der Waals surface area contributed by atoms with Gasteiger partial charge in [-0.2, -0.15) is 0 Å². The second-order valence-electron chi connectivity index (χ2n) is 5.09. The van der Waals surface area contributed by atoms with Crippen LogP contribution < -0.4 is 10.3 Å². The monoisotopic (exact) mass is 330 g/mol. The molecule has 0 spiro atoms. The summed E-state index contributed by atoms with van der Waals surface area (Å²) in [5, 5.41) is 0.473. The van der Waals surface area contributed by atoms with Crippen LogP contribution in [0.3, 0.4) is 0 Å². The first kappa shape index (κ1) is 15.4. The third kappa shape index (κ3) is 2.43. The molecule has 1 saturated heterocycles. The predicted octanol–water partition coefficient (Wildman–Crippen LogP) is 2.21. The van der Waals surface area contributed by atoms with Crippen molar-refractivity contribution in [2.24, 2.45) is 7.05 Å². The first-order chi connectivity index (χ1) is 10.9. The molecule has 118 valence electrons. The molecule has 1 aliphatic heterocycles. The third-order valence-corrected chi connectivity index (χ3v) is 4.73. The van der Waals surface area contributed by atoms with Gasteiger partial charge in [0.25, 0.3) is 16.7 Å². The fraction of sp³-hybridized carbons (Fsp3) is 0.188. The molecule has 7 heteroatoms. The number of imide groups is 1. The molecule has 2 amide bonds. The summed E-state index contributed by atoms with van der Waals surface area (Å²) in [5.74, 6) is 0.245. The number of hydrogen-bond acceptors (Lipinski definition) is 5. The Morgan fingerprint density at radius 1 is 1.09 bits per heavy atom. The van der Waals surface area contributed by atoms with Crippen molar-refractivity contribution in [3.05, 3.63) is 45.1 Å². The number of amides is 2. The zero-order valence-electron chi connectivity index (χ0n) is 12.8. The first-order valence-corrected chi connectivity index (χ1v) is 7.64. The minimum atomic E-state index is -0.325. The highest BCUT2D eigenvalue weighted by Crippen LogP contribution is 2.34. The lowest BCUT2D eigenvalue weighted by atomic mass is 10.1. The van der Waals surface area contributed by atoms with Gasteiger partial charge in [-0.1, -0.05) is 6.07 Å². The van der Waals surface area contributed by atoms with E-state index < -0.39 is 0 Å². The van der Waals surface area contributed by atoms with Gasteiger partial charge in [-0.05, 0) is 35.5 Å². The predicted molar refractivity (Wildman–Crippen MR) is 89.5 cm³/mol. The van der Waals surface area contributed by atoms with Gasteiger partial charge in [0, 0.05) is 25.5 Å². The lowest BCUT2D eigenvalue weighted by Gasteiger charge is -2.11. The molecule has 2 aromatic rings. The molecule has 3 rings (SSSR count). The van der Waals surface area contributed by atoms with Crippen molar-refractivity contribution in [2.45, 2.75) is 0 Å². The van der Waals surface area contributed by atoms with Crippen LogP contribution in [0.1, 0.15) is 5.56 Å². The molecule has 0 radical (unpaired) electrons. The van der Waals surface area contributed by atoms with Crippen molar-refractivity contribution in [1.29, 1.82) is 0 Å². The average molecular weight is 330 g/mol. The maximum atomic E-state index is 12.0. The van der Waals surface area contributed by atoms with Crippen LogP contribution in [0.25, 0.3) is 17.0 Å². The number of carbonyl (C=O) groups is 2. The van der Waals surface area contributed by atoms with Crippen LogP contribution >= 0.6 is 11.8 Å². The molecule has 0 N–H and O–H groups in total. The summed E-state index contributed by atoms with van der Waals surface area (Å²) in [5.41, 5.74) is 1.24. The number of likely N-dealkylation sites (N-methyl/N-ethyl adjacent to an activating group) is 1. The number of nitrogens with zero attached hydrogens (tertiary/aromatic N) is 2. The Balaban J connectivity index is 2.25. The molecular weight excluding hydrogens is 316 g/mol. The number of thioether (sulfide) groups is 1. The van der Waals surface area contributed by atoms with Crippen molar-refractivity contribution < 1.29 is 14.3 Å². The summed E-state index contributed by atoms with van der Waals surface area (Å²) in [7, 11) is 4.65. The van der Waals surface area contributed by atoms with E-state index in [0.29, 0.717) is 16.2 Å². The lowest BCUT2D eigenvalue weighted by Crippen LogP contribution is -2.22. The first-order valence-electron chi connectivity index (χ1n) is 6.82. The van der Waals surface area contributed by atoms with Crippen LogP contribution in [0, 0.1) is 0 Å².